The molecule has 0 spiro atoms. The number of hydrogen-bond donors (Lipinski definition) is 1. The van der Waals surface area contributed by atoms with Crippen molar-refractivity contribution < 1.29 is 9.00 Å². The first-order valence-corrected chi connectivity index (χ1v) is 8.69. The maximum absolute atomic E-state index is 12.2. The van der Waals surface area contributed by atoms with Crippen molar-refractivity contribution in [1.82, 2.24) is 10.2 Å². The summed E-state index contributed by atoms with van der Waals surface area (Å²) in [4.78, 5) is 14.2. The van der Waals surface area contributed by atoms with Gasteiger partial charge in [-0.2, -0.15) is 0 Å². The van der Waals surface area contributed by atoms with Gasteiger partial charge in [0.1, 0.15) is 0 Å². The summed E-state index contributed by atoms with van der Waals surface area (Å²) in [5, 5.41) is 3.43. The van der Waals surface area contributed by atoms with E-state index in [0.29, 0.717) is 5.75 Å². The zero-order valence-corrected chi connectivity index (χ0v) is 12.6. The van der Waals surface area contributed by atoms with E-state index in [4.69, 9.17) is 0 Å². The normalized spacial score (nSPS) is 25.7. The Morgan fingerprint density at radius 3 is 2.50 bits per heavy atom. The van der Waals surface area contributed by atoms with Gasteiger partial charge in [0.2, 0.25) is 5.91 Å². The molecule has 0 bridgehead atoms. The number of carbonyl (C=O) groups excluding carboxylic acids is 1. The van der Waals surface area contributed by atoms with Crippen LogP contribution in [0.3, 0.4) is 0 Å². The predicted molar refractivity (Wildman–Crippen MR) is 75.8 cm³/mol. The van der Waals surface area contributed by atoms with Crippen LogP contribution in [0.4, 0.5) is 0 Å². The van der Waals surface area contributed by atoms with Crippen molar-refractivity contribution in [2.24, 2.45) is 0 Å². The van der Waals surface area contributed by atoms with Crippen molar-refractivity contribution in [3.05, 3.63) is 0 Å². The van der Waals surface area contributed by atoms with Crippen molar-refractivity contribution in [1.29, 1.82) is 0 Å². The molecule has 0 aromatic heterocycles. The molecule has 1 amide bonds. The first kappa shape index (κ1) is 15.6. The number of nitrogens with one attached hydrogen (secondary N) is 1. The SMILES string of the molecule is CCCC1NC(CCC)N(CCCS(C)=O)C1=O. The van der Waals surface area contributed by atoms with Crippen LogP contribution in [0.1, 0.15) is 46.0 Å². The van der Waals surface area contributed by atoms with Gasteiger partial charge in [-0.1, -0.05) is 26.7 Å². The van der Waals surface area contributed by atoms with E-state index in [1.54, 1.807) is 6.26 Å². The topological polar surface area (TPSA) is 49.4 Å². The third-order valence-electron chi connectivity index (χ3n) is 3.32. The molecule has 0 aliphatic carbocycles. The molecule has 1 aliphatic heterocycles. The molecule has 0 aromatic rings. The summed E-state index contributed by atoms with van der Waals surface area (Å²) in [6.45, 7) is 4.97. The van der Waals surface area contributed by atoms with Gasteiger partial charge in [0, 0.05) is 29.4 Å². The summed E-state index contributed by atoms with van der Waals surface area (Å²) < 4.78 is 11.1. The number of amides is 1. The van der Waals surface area contributed by atoms with Crippen molar-refractivity contribution in [3.63, 3.8) is 0 Å². The van der Waals surface area contributed by atoms with Gasteiger partial charge in [-0.3, -0.25) is 14.3 Å². The largest absolute Gasteiger partial charge is 0.326 e. The molecule has 3 unspecified atom stereocenters. The summed E-state index contributed by atoms with van der Waals surface area (Å²) in [5.74, 6) is 0.915. The maximum atomic E-state index is 12.2. The third kappa shape index (κ3) is 4.35. The van der Waals surface area contributed by atoms with E-state index < -0.39 is 10.8 Å². The van der Waals surface area contributed by atoms with Gasteiger partial charge in [-0.25, -0.2) is 0 Å². The monoisotopic (exact) mass is 274 g/mol. The second kappa shape index (κ2) is 7.89. The Balaban J connectivity index is 2.53. The summed E-state index contributed by atoms with van der Waals surface area (Å²) in [6.07, 6.45) is 6.73. The lowest BCUT2D eigenvalue weighted by Crippen LogP contribution is -2.38. The van der Waals surface area contributed by atoms with E-state index in [0.717, 1.165) is 38.6 Å². The third-order valence-corrected chi connectivity index (χ3v) is 4.18. The Hall–Kier alpha value is -0.420. The molecule has 1 heterocycles. The first-order chi connectivity index (χ1) is 8.60. The lowest BCUT2D eigenvalue weighted by Gasteiger charge is -2.23. The van der Waals surface area contributed by atoms with Crippen molar-refractivity contribution >= 4 is 16.7 Å². The van der Waals surface area contributed by atoms with Gasteiger partial charge >= 0.3 is 0 Å². The molecular formula is C13H26N2O2S. The Bertz CT molecular complexity index is 297. The van der Waals surface area contributed by atoms with Crippen LogP contribution in [-0.2, 0) is 15.6 Å². The Labute approximate surface area is 113 Å². The molecule has 4 nitrogen and oxygen atoms in total. The summed E-state index contributed by atoms with van der Waals surface area (Å²) in [6, 6.07) is -0.00123. The van der Waals surface area contributed by atoms with Crippen molar-refractivity contribution in [2.45, 2.75) is 58.2 Å². The van der Waals surface area contributed by atoms with Crippen LogP contribution in [0.5, 0.6) is 0 Å². The highest BCUT2D eigenvalue weighted by molar-refractivity contribution is 7.84. The Morgan fingerprint density at radius 1 is 1.28 bits per heavy atom. The van der Waals surface area contributed by atoms with Crippen LogP contribution in [-0.4, -0.2) is 45.8 Å². The van der Waals surface area contributed by atoms with E-state index in [1.165, 1.54) is 0 Å². The van der Waals surface area contributed by atoms with Crippen molar-refractivity contribution in [3.8, 4) is 0 Å². The van der Waals surface area contributed by atoms with Crippen LogP contribution in [0, 0.1) is 0 Å². The molecule has 0 aromatic carbocycles. The average Bonchev–Trinajstić information content (AvgIpc) is 2.58. The van der Waals surface area contributed by atoms with Crippen LogP contribution < -0.4 is 5.32 Å². The standard InChI is InChI=1S/C13H26N2O2S/c1-4-7-11-13(16)15(9-6-10-18(3)17)12(14-11)8-5-2/h11-12,14H,4-10H2,1-3H3. The quantitative estimate of drug-likeness (QED) is 0.729. The lowest BCUT2D eigenvalue weighted by atomic mass is 10.2. The number of nitrogens with zero attached hydrogens (tertiary/aromatic N) is 1. The zero-order valence-electron chi connectivity index (χ0n) is 11.8. The molecular weight excluding hydrogens is 248 g/mol. The van der Waals surface area contributed by atoms with Crippen LogP contribution >= 0.6 is 0 Å². The lowest BCUT2D eigenvalue weighted by molar-refractivity contribution is -0.130. The van der Waals surface area contributed by atoms with Gasteiger partial charge in [0.25, 0.3) is 0 Å². The number of carbonyl (C=O) groups is 1. The molecule has 0 radical (unpaired) electrons. The average molecular weight is 274 g/mol. The van der Waals surface area contributed by atoms with E-state index >= 15 is 0 Å². The minimum Gasteiger partial charge on any atom is -0.326 e. The van der Waals surface area contributed by atoms with Gasteiger partial charge in [-0.15, -0.1) is 0 Å². The fourth-order valence-electron chi connectivity index (χ4n) is 2.46. The molecule has 1 saturated heterocycles. The molecule has 1 aliphatic rings. The molecule has 1 rings (SSSR count). The fourth-order valence-corrected chi connectivity index (χ4v) is 3.00. The molecule has 18 heavy (non-hydrogen) atoms. The maximum Gasteiger partial charge on any atom is 0.241 e. The Morgan fingerprint density at radius 2 is 1.94 bits per heavy atom. The predicted octanol–water partition coefficient (Wildman–Crippen LogP) is 1.48. The number of rotatable bonds is 8. The molecule has 5 heteroatoms. The smallest absolute Gasteiger partial charge is 0.241 e. The summed E-state index contributed by atoms with van der Waals surface area (Å²) in [5.41, 5.74) is 0. The number of hydrogen-bond acceptors (Lipinski definition) is 3. The second-order valence-electron chi connectivity index (χ2n) is 4.97. The minimum atomic E-state index is -0.762. The second-order valence-corrected chi connectivity index (χ2v) is 6.53. The molecule has 0 saturated carbocycles. The van der Waals surface area contributed by atoms with Gasteiger partial charge in [-0.05, 0) is 19.3 Å². The van der Waals surface area contributed by atoms with Crippen molar-refractivity contribution in [2.75, 3.05) is 18.6 Å². The fraction of sp³-hybridized carbons (Fsp3) is 0.923. The molecule has 1 N–H and O–H groups in total. The highest BCUT2D eigenvalue weighted by atomic mass is 32.2. The van der Waals surface area contributed by atoms with Gasteiger partial charge in [0.05, 0.1) is 12.2 Å². The van der Waals surface area contributed by atoms with Crippen LogP contribution in [0.2, 0.25) is 0 Å². The van der Waals surface area contributed by atoms with E-state index in [-0.39, 0.29) is 18.1 Å². The summed E-state index contributed by atoms with van der Waals surface area (Å²) in [7, 11) is -0.762. The minimum absolute atomic E-state index is 0.00123. The van der Waals surface area contributed by atoms with E-state index in [2.05, 4.69) is 19.2 Å². The van der Waals surface area contributed by atoms with Gasteiger partial charge in [0.15, 0.2) is 0 Å². The van der Waals surface area contributed by atoms with E-state index in [1.807, 2.05) is 4.90 Å². The first-order valence-electron chi connectivity index (χ1n) is 6.96. The molecule has 106 valence electrons. The zero-order chi connectivity index (χ0) is 13.5. The van der Waals surface area contributed by atoms with Gasteiger partial charge < -0.3 is 4.90 Å². The molecule has 1 fully saturated rings. The Kier molecular flexibility index (Phi) is 6.86. The molecule has 3 atom stereocenters. The van der Waals surface area contributed by atoms with Crippen LogP contribution in [0.15, 0.2) is 0 Å². The van der Waals surface area contributed by atoms with E-state index in [9.17, 15) is 9.00 Å². The highest BCUT2D eigenvalue weighted by Crippen LogP contribution is 2.18. The highest BCUT2D eigenvalue weighted by Gasteiger charge is 2.36. The van der Waals surface area contributed by atoms with Crippen LogP contribution in [0.25, 0.3) is 0 Å². The summed E-state index contributed by atoms with van der Waals surface area (Å²) >= 11 is 0.